The van der Waals surface area contributed by atoms with Crippen LogP contribution in [-0.4, -0.2) is 35.1 Å². The predicted octanol–water partition coefficient (Wildman–Crippen LogP) is 3.25. The van der Waals surface area contributed by atoms with Crippen LogP contribution in [0.1, 0.15) is 23.1 Å². The molecule has 0 aliphatic carbocycles. The molecule has 1 heterocycles. The van der Waals surface area contributed by atoms with Gasteiger partial charge < -0.3 is 19.5 Å². The molecule has 0 spiro atoms. The minimum atomic E-state index is -0.0936. The average Bonchev–Trinajstić information content (AvgIpc) is 3.15. The van der Waals surface area contributed by atoms with E-state index in [0.717, 1.165) is 11.5 Å². The Kier molecular flexibility index (Phi) is 6.32. The Bertz CT molecular complexity index is 890. The van der Waals surface area contributed by atoms with Crippen molar-refractivity contribution in [2.75, 3.05) is 18.5 Å². The maximum absolute atomic E-state index is 12.4. The minimum Gasteiger partial charge on any atom is -0.486 e. The summed E-state index contributed by atoms with van der Waals surface area (Å²) in [7, 11) is 3.95. The number of amides is 1. The van der Waals surface area contributed by atoms with Gasteiger partial charge in [0.25, 0.3) is 5.91 Å². The molecule has 0 saturated heterocycles. The molecule has 1 aromatic heterocycles. The van der Waals surface area contributed by atoms with E-state index in [0.29, 0.717) is 24.5 Å². The van der Waals surface area contributed by atoms with E-state index in [2.05, 4.69) is 34.3 Å². The monoisotopic (exact) mass is 378 g/mol. The Morgan fingerprint density at radius 2 is 1.89 bits per heavy atom. The van der Waals surface area contributed by atoms with Gasteiger partial charge in [0.15, 0.2) is 0 Å². The van der Waals surface area contributed by atoms with Gasteiger partial charge in [0.1, 0.15) is 18.2 Å². The second-order valence-electron chi connectivity index (χ2n) is 6.77. The normalized spacial score (nSPS) is 11.7. The number of carbonyl (C=O) groups excluding carboxylic acids is 1. The number of para-hydroxylation sites is 1. The molecule has 0 aliphatic rings. The highest BCUT2D eigenvalue weighted by molar-refractivity contribution is 5.94. The first-order valence-corrected chi connectivity index (χ1v) is 9.29. The lowest BCUT2D eigenvalue weighted by molar-refractivity contribution is 0.0951. The van der Waals surface area contributed by atoms with Crippen LogP contribution in [0.2, 0.25) is 0 Å². The number of aryl methyl sites for hydroxylation is 1. The van der Waals surface area contributed by atoms with E-state index in [4.69, 9.17) is 4.74 Å². The van der Waals surface area contributed by atoms with E-state index >= 15 is 0 Å². The maximum atomic E-state index is 12.4. The lowest BCUT2D eigenvalue weighted by Gasteiger charge is -2.27. The topological polar surface area (TPSA) is 59.4 Å². The zero-order valence-corrected chi connectivity index (χ0v) is 16.5. The number of ether oxygens (including phenoxy) is 1. The third-order valence-electron chi connectivity index (χ3n) is 4.79. The van der Waals surface area contributed by atoms with Crippen LogP contribution in [0, 0.1) is 0 Å². The molecule has 0 saturated carbocycles. The lowest BCUT2D eigenvalue weighted by atomic mass is 10.2. The molecule has 2 aromatic carbocycles. The van der Waals surface area contributed by atoms with Gasteiger partial charge in [0.05, 0.1) is 0 Å². The highest BCUT2D eigenvalue weighted by Gasteiger charge is 2.12. The summed E-state index contributed by atoms with van der Waals surface area (Å²) < 4.78 is 7.64. The molecule has 0 bridgehead atoms. The van der Waals surface area contributed by atoms with Crippen LogP contribution in [0.25, 0.3) is 0 Å². The summed E-state index contributed by atoms with van der Waals surface area (Å²) in [6, 6.07) is 17.4. The third-order valence-corrected chi connectivity index (χ3v) is 4.79. The number of anilines is 1. The first-order valence-electron chi connectivity index (χ1n) is 9.29. The van der Waals surface area contributed by atoms with Crippen LogP contribution >= 0.6 is 0 Å². The van der Waals surface area contributed by atoms with E-state index in [9.17, 15) is 4.79 Å². The largest absolute Gasteiger partial charge is 0.486 e. The summed E-state index contributed by atoms with van der Waals surface area (Å²) >= 11 is 0. The predicted molar refractivity (Wildman–Crippen MR) is 111 cm³/mol. The second kappa shape index (κ2) is 9.08. The van der Waals surface area contributed by atoms with Crippen molar-refractivity contribution in [1.29, 1.82) is 0 Å². The fourth-order valence-electron chi connectivity index (χ4n) is 2.78. The van der Waals surface area contributed by atoms with Gasteiger partial charge in [-0.25, -0.2) is 4.98 Å². The average molecular weight is 378 g/mol. The summed E-state index contributed by atoms with van der Waals surface area (Å²) in [5, 5.41) is 3.00. The Balaban J connectivity index is 1.49. The lowest BCUT2D eigenvalue weighted by Crippen LogP contribution is -2.40. The summed E-state index contributed by atoms with van der Waals surface area (Å²) in [6.07, 6.45) is 3.62. The zero-order valence-electron chi connectivity index (χ0n) is 16.5. The summed E-state index contributed by atoms with van der Waals surface area (Å²) in [4.78, 5) is 18.8. The first-order chi connectivity index (χ1) is 13.5. The second-order valence-corrected chi connectivity index (χ2v) is 6.77. The number of hydrogen-bond donors (Lipinski definition) is 1. The highest BCUT2D eigenvalue weighted by Crippen LogP contribution is 2.15. The van der Waals surface area contributed by atoms with E-state index in [-0.39, 0.29) is 11.9 Å². The molecule has 0 fully saturated rings. The highest BCUT2D eigenvalue weighted by atomic mass is 16.5. The van der Waals surface area contributed by atoms with Crippen LogP contribution in [-0.2, 0) is 13.7 Å². The van der Waals surface area contributed by atoms with Crippen molar-refractivity contribution in [2.45, 2.75) is 19.6 Å². The fourth-order valence-corrected chi connectivity index (χ4v) is 2.78. The standard InChI is InChI=1S/C22H26N4O2/c1-17(26(3)19-7-5-4-6-8-19)15-24-22(27)18-9-11-20(12-10-18)28-16-21-23-13-14-25(21)2/h4-14,17H,15-16H2,1-3H3,(H,24,27). The van der Waals surface area contributed by atoms with Gasteiger partial charge in [-0.3, -0.25) is 4.79 Å². The molecular weight excluding hydrogens is 352 g/mol. The molecule has 1 amide bonds. The number of carbonyl (C=O) groups is 1. The number of rotatable bonds is 8. The molecule has 1 unspecified atom stereocenters. The first kappa shape index (κ1) is 19.5. The van der Waals surface area contributed by atoms with Crippen LogP contribution in [0.3, 0.4) is 0 Å². The Hall–Kier alpha value is -3.28. The van der Waals surface area contributed by atoms with Crippen molar-refractivity contribution < 1.29 is 9.53 Å². The van der Waals surface area contributed by atoms with Gasteiger partial charge in [-0.1, -0.05) is 18.2 Å². The zero-order chi connectivity index (χ0) is 19.9. The van der Waals surface area contributed by atoms with Crippen molar-refractivity contribution in [3.05, 3.63) is 78.4 Å². The number of aromatic nitrogens is 2. The summed E-state index contributed by atoms with van der Waals surface area (Å²) in [5.41, 5.74) is 1.73. The molecule has 1 atom stereocenters. The molecule has 6 heteroatoms. The maximum Gasteiger partial charge on any atom is 0.251 e. The van der Waals surface area contributed by atoms with Gasteiger partial charge >= 0.3 is 0 Å². The van der Waals surface area contributed by atoms with E-state index in [1.165, 1.54) is 0 Å². The summed E-state index contributed by atoms with van der Waals surface area (Å²) in [6.45, 7) is 3.03. The molecular formula is C22H26N4O2. The molecule has 28 heavy (non-hydrogen) atoms. The van der Waals surface area contributed by atoms with Crippen molar-refractivity contribution in [3.8, 4) is 5.75 Å². The van der Waals surface area contributed by atoms with Crippen LogP contribution in [0.5, 0.6) is 5.75 Å². The van der Waals surface area contributed by atoms with Crippen molar-refractivity contribution in [1.82, 2.24) is 14.9 Å². The molecule has 0 aliphatic heterocycles. The Morgan fingerprint density at radius 1 is 1.18 bits per heavy atom. The number of imidazole rings is 1. The molecule has 3 aromatic rings. The fraction of sp³-hybridized carbons (Fsp3) is 0.273. The van der Waals surface area contributed by atoms with Gasteiger partial charge in [-0.05, 0) is 43.3 Å². The molecule has 146 valence electrons. The van der Waals surface area contributed by atoms with Crippen molar-refractivity contribution in [2.24, 2.45) is 7.05 Å². The van der Waals surface area contributed by atoms with Crippen molar-refractivity contribution >= 4 is 11.6 Å². The number of nitrogens with one attached hydrogen (secondary N) is 1. The van der Waals surface area contributed by atoms with E-state index in [1.54, 1.807) is 30.5 Å². The summed E-state index contributed by atoms with van der Waals surface area (Å²) in [5.74, 6) is 1.46. The van der Waals surface area contributed by atoms with Crippen LogP contribution in [0.4, 0.5) is 5.69 Å². The van der Waals surface area contributed by atoms with Gasteiger partial charge in [0.2, 0.25) is 0 Å². The smallest absolute Gasteiger partial charge is 0.251 e. The van der Waals surface area contributed by atoms with Crippen LogP contribution in [0.15, 0.2) is 67.0 Å². The number of hydrogen-bond acceptors (Lipinski definition) is 4. The SMILES string of the molecule is CC(CNC(=O)c1ccc(OCc2nccn2C)cc1)N(C)c1ccccc1. The Labute approximate surface area is 165 Å². The van der Waals surface area contributed by atoms with Gasteiger partial charge in [-0.15, -0.1) is 0 Å². The number of nitrogens with zero attached hydrogens (tertiary/aromatic N) is 3. The molecule has 1 N–H and O–H groups in total. The van der Waals surface area contributed by atoms with E-state index in [1.807, 2.05) is 43.1 Å². The van der Waals surface area contributed by atoms with E-state index < -0.39 is 0 Å². The number of likely N-dealkylation sites (N-methyl/N-ethyl adjacent to an activating group) is 1. The van der Waals surface area contributed by atoms with Gasteiger partial charge in [0, 0.05) is 50.3 Å². The Morgan fingerprint density at radius 3 is 2.54 bits per heavy atom. The van der Waals surface area contributed by atoms with Crippen molar-refractivity contribution in [3.63, 3.8) is 0 Å². The quantitative estimate of drug-likeness (QED) is 0.654. The van der Waals surface area contributed by atoms with Crippen LogP contribution < -0.4 is 15.0 Å². The minimum absolute atomic E-state index is 0.0936. The molecule has 6 nitrogen and oxygen atoms in total. The number of benzene rings is 2. The molecule has 3 rings (SSSR count). The third kappa shape index (κ3) is 4.91. The molecule has 0 radical (unpaired) electrons. The van der Waals surface area contributed by atoms with Gasteiger partial charge in [-0.2, -0.15) is 0 Å².